The molecule has 6 heteroatoms. The van der Waals surface area contributed by atoms with Crippen molar-refractivity contribution in [1.82, 2.24) is 0 Å². The summed E-state index contributed by atoms with van der Waals surface area (Å²) in [6.07, 6.45) is 0.138. The average molecular weight is 258 g/mol. The lowest BCUT2D eigenvalue weighted by Gasteiger charge is -2.13. The van der Waals surface area contributed by atoms with Gasteiger partial charge in [-0.1, -0.05) is 23.2 Å². The first-order chi connectivity index (χ1) is 7.49. The van der Waals surface area contributed by atoms with Gasteiger partial charge >= 0.3 is 0 Å². The van der Waals surface area contributed by atoms with Crippen LogP contribution in [0, 0.1) is 6.92 Å². The highest BCUT2D eigenvalue weighted by Gasteiger charge is 2.24. The quantitative estimate of drug-likeness (QED) is 0.840. The number of hydrogen-bond acceptors (Lipinski definition) is 3. The van der Waals surface area contributed by atoms with Gasteiger partial charge in [0.05, 0.1) is 22.2 Å². The van der Waals surface area contributed by atoms with Gasteiger partial charge in [0.15, 0.2) is 0 Å². The molecule has 0 radical (unpaired) electrons. The molecule has 0 saturated carbocycles. The number of anilines is 1. The van der Waals surface area contributed by atoms with E-state index in [9.17, 15) is 4.79 Å². The fourth-order valence-corrected chi connectivity index (χ4v) is 1.85. The normalized spacial score (nSPS) is 15.6. The van der Waals surface area contributed by atoms with E-state index < -0.39 is 0 Å². The topological polar surface area (TPSA) is 58.7 Å². The van der Waals surface area contributed by atoms with Crippen LogP contribution in [-0.2, 0) is 4.79 Å². The zero-order chi connectivity index (χ0) is 11.9. The molecule has 16 heavy (non-hydrogen) atoms. The highest BCUT2D eigenvalue weighted by Crippen LogP contribution is 2.32. The number of amides is 1. The number of amidine groups is 1. The molecule has 1 aromatic carbocycles. The Hall–Kier alpha value is -1.26. The first-order valence-electron chi connectivity index (χ1n) is 4.60. The van der Waals surface area contributed by atoms with Crippen molar-refractivity contribution in [2.24, 2.45) is 10.8 Å². The molecule has 0 aliphatic carbocycles. The van der Waals surface area contributed by atoms with Gasteiger partial charge in [0, 0.05) is 0 Å². The van der Waals surface area contributed by atoms with Gasteiger partial charge < -0.3 is 5.73 Å². The molecule has 2 N–H and O–H groups in total. The molecule has 0 spiro atoms. The molecule has 0 fully saturated rings. The van der Waals surface area contributed by atoms with E-state index in [1.165, 1.54) is 5.01 Å². The Morgan fingerprint density at radius 2 is 2.12 bits per heavy atom. The van der Waals surface area contributed by atoms with E-state index in [4.69, 9.17) is 28.9 Å². The van der Waals surface area contributed by atoms with E-state index in [1.807, 2.05) is 6.92 Å². The van der Waals surface area contributed by atoms with E-state index >= 15 is 0 Å². The Morgan fingerprint density at radius 1 is 1.44 bits per heavy atom. The van der Waals surface area contributed by atoms with Crippen LogP contribution in [0.3, 0.4) is 0 Å². The maximum absolute atomic E-state index is 11.5. The minimum atomic E-state index is -0.171. The van der Waals surface area contributed by atoms with Crippen molar-refractivity contribution in [2.45, 2.75) is 13.3 Å². The Kier molecular flexibility index (Phi) is 2.78. The largest absolute Gasteiger partial charge is 0.385 e. The number of carbonyl (C=O) groups excluding carboxylic acids is 1. The van der Waals surface area contributed by atoms with Crippen molar-refractivity contribution < 1.29 is 4.79 Å². The number of halogens is 2. The molecular formula is C10H9Cl2N3O. The molecule has 0 bridgehead atoms. The van der Waals surface area contributed by atoms with Crippen LogP contribution in [0.2, 0.25) is 10.0 Å². The van der Waals surface area contributed by atoms with E-state index in [0.29, 0.717) is 21.6 Å². The summed E-state index contributed by atoms with van der Waals surface area (Å²) in [7, 11) is 0. The summed E-state index contributed by atoms with van der Waals surface area (Å²) in [5, 5.41) is 6.04. The molecule has 84 valence electrons. The van der Waals surface area contributed by atoms with Crippen molar-refractivity contribution in [3.8, 4) is 0 Å². The molecule has 0 aromatic heterocycles. The van der Waals surface area contributed by atoms with Crippen LogP contribution in [0.5, 0.6) is 0 Å². The van der Waals surface area contributed by atoms with E-state index in [2.05, 4.69) is 5.10 Å². The van der Waals surface area contributed by atoms with Gasteiger partial charge in [-0.15, -0.1) is 0 Å². The Morgan fingerprint density at radius 3 is 2.62 bits per heavy atom. The summed E-state index contributed by atoms with van der Waals surface area (Å²) in [6.45, 7) is 1.81. The van der Waals surface area contributed by atoms with E-state index in [1.54, 1.807) is 12.1 Å². The number of hydrazone groups is 1. The minimum Gasteiger partial charge on any atom is -0.385 e. The van der Waals surface area contributed by atoms with Gasteiger partial charge in [0.25, 0.3) is 5.91 Å². The van der Waals surface area contributed by atoms with Crippen LogP contribution in [0.4, 0.5) is 5.69 Å². The first kappa shape index (κ1) is 11.2. The van der Waals surface area contributed by atoms with Gasteiger partial charge in [-0.2, -0.15) is 10.1 Å². The number of rotatable bonds is 1. The fourth-order valence-electron chi connectivity index (χ4n) is 1.48. The SMILES string of the molecule is Cc1cc(N2N=C(N)CC2=O)cc(Cl)c1Cl. The van der Waals surface area contributed by atoms with Crippen LogP contribution in [0.25, 0.3) is 0 Å². The maximum atomic E-state index is 11.5. The average Bonchev–Trinajstić information content (AvgIpc) is 2.53. The summed E-state index contributed by atoms with van der Waals surface area (Å²) < 4.78 is 0. The second-order valence-corrected chi connectivity index (χ2v) is 4.32. The monoisotopic (exact) mass is 257 g/mol. The number of hydrogen-bond donors (Lipinski definition) is 1. The third-order valence-corrected chi connectivity index (χ3v) is 3.13. The predicted octanol–water partition coefficient (Wildman–Crippen LogP) is 2.31. The van der Waals surface area contributed by atoms with E-state index in [-0.39, 0.29) is 12.3 Å². The smallest absolute Gasteiger partial charge is 0.255 e. The predicted molar refractivity (Wildman–Crippen MR) is 64.9 cm³/mol. The van der Waals surface area contributed by atoms with Crippen molar-refractivity contribution in [2.75, 3.05) is 5.01 Å². The molecule has 1 aromatic rings. The third-order valence-electron chi connectivity index (χ3n) is 2.24. The molecule has 4 nitrogen and oxygen atoms in total. The lowest BCUT2D eigenvalue weighted by Crippen LogP contribution is -2.19. The molecule has 1 amide bonds. The summed E-state index contributed by atoms with van der Waals surface area (Å²) >= 11 is 11.9. The number of carbonyl (C=O) groups is 1. The lowest BCUT2D eigenvalue weighted by molar-refractivity contribution is -0.116. The Labute approximate surface area is 103 Å². The van der Waals surface area contributed by atoms with Crippen LogP contribution in [0.15, 0.2) is 17.2 Å². The molecule has 0 unspecified atom stereocenters. The van der Waals surface area contributed by atoms with Crippen molar-refractivity contribution in [3.63, 3.8) is 0 Å². The second kappa shape index (κ2) is 3.96. The van der Waals surface area contributed by atoms with Crippen molar-refractivity contribution >= 4 is 40.6 Å². The number of aryl methyl sites for hydroxylation is 1. The van der Waals surface area contributed by atoms with Crippen molar-refractivity contribution in [3.05, 3.63) is 27.7 Å². The zero-order valence-corrected chi connectivity index (χ0v) is 10.0. The number of benzene rings is 1. The van der Waals surface area contributed by atoms with Gasteiger partial charge in [0.1, 0.15) is 5.84 Å². The van der Waals surface area contributed by atoms with Gasteiger partial charge in [0.2, 0.25) is 0 Å². The second-order valence-electron chi connectivity index (χ2n) is 3.53. The Bertz CT molecular complexity index is 476. The molecule has 1 aliphatic rings. The van der Waals surface area contributed by atoms with Crippen LogP contribution >= 0.6 is 23.2 Å². The van der Waals surface area contributed by atoms with Crippen LogP contribution in [-0.4, -0.2) is 11.7 Å². The third kappa shape index (κ3) is 1.86. The van der Waals surface area contributed by atoms with Gasteiger partial charge in [-0.05, 0) is 24.6 Å². The summed E-state index contributed by atoms with van der Waals surface area (Å²) in [6, 6.07) is 3.34. The lowest BCUT2D eigenvalue weighted by atomic mass is 10.2. The first-order valence-corrected chi connectivity index (χ1v) is 5.36. The highest BCUT2D eigenvalue weighted by molar-refractivity contribution is 6.42. The fraction of sp³-hybridized carbons (Fsp3) is 0.200. The molecule has 1 heterocycles. The van der Waals surface area contributed by atoms with Gasteiger partial charge in [-0.3, -0.25) is 4.79 Å². The summed E-state index contributed by atoms with van der Waals surface area (Å²) in [4.78, 5) is 11.5. The van der Waals surface area contributed by atoms with E-state index in [0.717, 1.165) is 5.56 Å². The molecule has 2 rings (SSSR count). The zero-order valence-electron chi connectivity index (χ0n) is 8.50. The van der Waals surface area contributed by atoms with Crippen molar-refractivity contribution in [1.29, 1.82) is 0 Å². The van der Waals surface area contributed by atoms with Crippen LogP contribution in [0.1, 0.15) is 12.0 Å². The molecule has 1 aliphatic heterocycles. The summed E-state index contributed by atoms with van der Waals surface area (Å²) in [5.74, 6) is 0.129. The molecule has 0 saturated heterocycles. The molecule has 0 atom stereocenters. The van der Waals surface area contributed by atoms with Crippen LogP contribution < -0.4 is 10.7 Å². The highest BCUT2D eigenvalue weighted by atomic mass is 35.5. The maximum Gasteiger partial charge on any atom is 0.255 e. The minimum absolute atomic E-state index is 0.138. The molecular weight excluding hydrogens is 249 g/mol. The number of nitrogens with zero attached hydrogens (tertiary/aromatic N) is 2. The standard InChI is InChI=1S/C10H9Cl2N3O/c1-5-2-6(3-7(11)10(5)12)15-9(16)4-8(13)14-15/h2-3H,4H2,1H3,(H2,13,14). The Balaban J connectivity index is 2.46. The number of nitrogens with two attached hydrogens (primary N) is 1. The summed E-state index contributed by atoms with van der Waals surface area (Å²) in [5.41, 5.74) is 6.86. The van der Waals surface area contributed by atoms with Gasteiger partial charge in [-0.25, -0.2) is 0 Å².